The molecule has 1 aromatic carbocycles. The van der Waals surface area contributed by atoms with E-state index in [2.05, 4.69) is 9.71 Å². The Bertz CT molecular complexity index is 839. The van der Waals surface area contributed by atoms with Crippen LogP contribution in [0.4, 0.5) is 0 Å². The molecule has 2 aromatic rings. The van der Waals surface area contributed by atoms with E-state index in [9.17, 15) is 18.3 Å². The maximum atomic E-state index is 12.6. The lowest BCUT2D eigenvalue weighted by Gasteiger charge is -2.23. The van der Waals surface area contributed by atoms with Crippen LogP contribution >= 0.6 is 0 Å². The van der Waals surface area contributed by atoms with Crippen molar-refractivity contribution in [1.82, 2.24) is 9.71 Å². The standard InChI is InChI=1S/C15H16N2O5S/c18-14(19)15(6-3-7-22-15)10-17-23(20,21)13-9-16-8-11-4-1-2-5-12(11)13/h1-2,4-5,8-9,17H,3,6-7,10H2,(H,18,19). The number of aromatic nitrogens is 1. The van der Waals surface area contributed by atoms with Crippen LogP contribution in [0.3, 0.4) is 0 Å². The summed E-state index contributed by atoms with van der Waals surface area (Å²) in [4.78, 5) is 15.4. The number of rotatable bonds is 5. The minimum atomic E-state index is -3.90. The molecular formula is C15H16N2O5S. The highest BCUT2D eigenvalue weighted by atomic mass is 32.2. The number of ether oxygens (including phenoxy) is 1. The van der Waals surface area contributed by atoms with Crippen molar-refractivity contribution in [2.24, 2.45) is 0 Å². The highest BCUT2D eigenvalue weighted by Gasteiger charge is 2.43. The molecule has 0 saturated carbocycles. The Morgan fingerprint density at radius 1 is 1.35 bits per heavy atom. The minimum Gasteiger partial charge on any atom is -0.479 e. The van der Waals surface area contributed by atoms with Gasteiger partial charge in [-0.3, -0.25) is 4.98 Å². The van der Waals surface area contributed by atoms with E-state index in [0.717, 1.165) is 0 Å². The lowest BCUT2D eigenvalue weighted by Crippen LogP contribution is -2.48. The zero-order valence-corrected chi connectivity index (χ0v) is 13.0. The first-order valence-electron chi connectivity index (χ1n) is 7.14. The third kappa shape index (κ3) is 2.92. The van der Waals surface area contributed by atoms with Crippen LogP contribution in [0.25, 0.3) is 10.8 Å². The van der Waals surface area contributed by atoms with Crippen LogP contribution in [0.5, 0.6) is 0 Å². The number of hydrogen-bond donors (Lipinski definition) is 2. The van der Waals surface area contributed by atoms with E-state index in [-0.39, 0.29) is 17.9 Å². The summed E-state index contributed by atoms with van der Waals surface area (Å²) in [5, 5.41) is 10.6. The predicted octanol–water partition coefficient (Wildman–Crippen LogP) is 1.15. The van der Waals surface area contributed by atoms with Crippen LogP contribution in [0, 0.1) is 0 Å². The van der Waals surface area contributed by atoms with E-state index >= 15 is 0 Å². The number of fused-ring (bicyclic) bond motifs is 1. The number of sulfonamides is 1. The maximum absolute atomic E-state index is 12.6. The van der Waals surface area contributed by atoms with Gasteiger partial charge in [-0.1, -0.05) is 24.3 Å². The molecule has 0 amide bonds. The maximum Gasteiger partial charge on any atom is 0.337 e. The van der Waals surface area contributed by atoms with Gasteiger partial charge in [0.1, 0.15) is 4.90 Å². The Kier molecular flexibility index (Phi) is 4.05. The van der Waals surface area contributed by atoms with Crippen LogP contribution in [-0.4, -0.2) is 43.2 Å². The number of aliphatic carboxylic acids is 1. The van der Waals surface area contributed by atoms with Gasteiger partial charge in [0, 0.05) is 29.8 Å². The van der Waals surface area contributed by atoms with Gasteiger partial charge in [-0.25, -0.2) is 17.9 Å². The molecule has 1 aromatic heterocycles. The monoisotopic (exact) mass is 336 g/mol. The van der Waals surface area contributed by atoms with Crippen molar-refractivity contribution >= 4 is 26.8 Å². The van der Waals surface area contributed by atoms with E-state index in [1.807, 2.05) is 0 Å². The van der Waals surface area contributed by atoms with E-state index in [4.69, 9.17) is 4.74 Å². The summed E-state index contributed by atoms with van der Waals surface area (Å²) < 4.78 is 32.8. The number of carbonyl (C=O) groups is 1. The van der Waals surface area contributed by atoms with Gasteiger partial charge in [0.15, 0.2) is 5.60 Å². The quantitative estimate of drug-likeness (QED) is 0.848. The molecule has 0 spiro atoms. The van der Waals surface area contributed by atoms with Crippen LogP contribution in [0.2, 0.25) is 0 Å². The van der Waals surface area contributed by atoms with E-state index in [1.165, 1.54) is 6.20 Å². The lowest BCUT2D eigenvalue weighted by atomic mass is 10.0. The first-order chi connectivity index (χ1) is 10.9. The Morgan fingerprint density at radius 2 is 2.13 bits per heavy atom. The molecule has 1 saturated heterocycles. The average Bonchev–Trinajstić information content (AvgIpc) is 3.03. The van der Waals surface area contributed by atoms with Crippen molar-refractivity contribution in [3.63, 3.8) is 0 Å². The molecule has 2 N–H and O–H groups in total. The van der Waals surface area contributed by atoms with Gasteiger partial charge in [0.25, 0.3) is 0 Å². The molecule has 7 nitrogen and oxygen atoms in total. The molecule has 1 fully saturated rings. The van der Waals surface area contributed by atoms with Crippen molar-refractivity contribution in [2.75, 3.05) is 13.2 Å². The van der Waals surface area contributed by atoms with Crippen LogP contribution in [-0.2, 0) is 19.6 Å². The van der Waals surface area contributed by atoms with Crippen LogP contribution in [0.1, 0.15) is 12.8 Å². The smallest absolute Gasteiger partial charge is 0.337 e. The summed E-state index contributed by atoms with van der Waals surface area (Å²) in [6, 6.07) is 6.98. The van der Waals surface area contributed by atoms with Gasteiger partial charge >= 0.3 is 5.97 Å². The van der Waals surface area contributed by atoms with Crippen molar-refractivity contribution in [3.8, 4) is 0 Å². The summed E-state index contributed by atoms with van der Waals surface area (Å²) >= 11 is 0. The highest BCUT2D eigenvalue weighted by Crippen LogP contribution is 2.27. The Hall–Kier alpha value is -2.03. The molecule has 0 radical (unpaired) electrons. The van der Waals surface area contributed by atoms with Crippen LogP contribution in [0.15, 0.2) is 41.6 Å². The van der Waals surface area contributed by atoms with Gasteiger partial charge in [0.2, 0.25) is 10.0 Å². The fourth-order valence-electron chi connectivity index (χ4n) is 2.67. The fourth-order valence-corrected chi connectivity index (χ4v) is 3.93. The Balaban J connectivity index is 1.91. The first kappa shape index (κ1) is 15.9. The number of nitrogens with zero attached hydrogens (tertiary/aromatic N) is 1. The number of carboxylic acids is 1. The molecule has 2 heterocycles. The number of benzene rings is 1. The predicted molar refractivity (Wildman–Crippen MR) is 82.5 cm³/mol. The number of carboxylic acid groups (broad SMARTS) is 1. The molecular weight excluding hydrogens is 320 g/mol. The second-order valence-corrected chi connectivity index (χ2v) is 7.17. The van der Waals surface area contributed by atoms with Crippen molar-refractivity contribution < 1.29 is 23.1 Å². The molecule has 8 heteroatoms. The highest BCUT2D eigenvalue weighted by molar-refractivity contribution is 7.89. The van der Waals surface area contributed by atoms with E-state index < -0.39 is 21.6 Å². The first-order valence-corrected chi connectivity index (χ1v) is 8.63. The van der Waals surface area contributed by atoms with Gasteiger partial charge in [0.05, 0.1) is 6.54 Å². The molecule has 23 heavy (non-hydrogen) atoms. The molecule has 3 rings (SSSR count). The molecule has 1 atom stereocenters. The van der Waals surface area contributed by atoms with Crippen molar-refractivity contribution in [1.29, 1.82) is 0 Å². The topological polar surface area (TPSA) is 106 Å². The summed E-state index contributed by atoms with van der Waals surface area (Å²) in [5.74, 6) is -1.16. The third-order valence-corrected chi connectivity index (χ3v) is 5.39. The van der Waals surface area contributed by atoms with Gasteiger partial charge < -0.3 is 9.84 Å². The van der Waals surface area contributed by atoms with E-state index in [0.29, 0.717) is 23.8 Å². The molecule has 0 aliphatic carbocycles. The normalized spacial score (nSPS) is 21.6. The van der Waals surface area contributed by atoms with Gasteiger partial charge in [-0.2, -0.15) is 0 Å². The minimum absolute atomic E-state index is 0.0223. The zero-order valence-electron chi connectivity index (χ0n) is 12.2. The van der Waals surface area contributed by atoms with E-state index in [1.54, 1.807) is 30.5 Å². The average molecular weight is 336 g/mol. The summed E-state index contributed by atoms with van der Waals surface area (Å²) in [7, 11) is -3.90. The second-order valence-electron chi connectivity index (χ2n) is 5.43. The van der Waals surface area contributed by atoms with Crippen molar-refractivity contribution in [3.05, 3.63) is 36.7 Å². The molecule has 1 aliphatic heterocycles. The molecule has 0 bridgehead atoms. The molecule has 122 valence electrons. The fraction of sp³-hybridized carbons (Fsp3) is 0.333. The zero-order chi connectivity index (χ0) is 16.5. The molecule has 1 unspecified atom stereocenters. The summed E-state index contributed by atoms with van der Waals surface area (Å²) in [5.41, 5.74) is -1.49. The number of nitrogens with one attached hydrogen (secondary N) is 1. The van der Waals surface area contributed by atoms with Gasteiger partial charge in [-0.05, 0) is 12.8 Å². The SMILES string of the molecule is O=C(O)C1(CNS(=O)(=O)c2cncc3ccccc23)CCCO1. The molecule has 1 aliphatic rings. The Labute approximate surface area is 133 Å². The summed E-state index contributed by atoms with van der Waals surface area (Å²) in [6.45, 7) is -0.00224. The summed E-state index contributed by atoms with van der Waals surface area (Å²) in [6.07, 6.45) is 3.70. The Morgan fingerprint density at radius 3 is 2.83 bits per heavy atom. The number of hydrogen-bond acceptors (Lipinski definition) is 5. The van der Waals surface area contributed by atoms with Crippen molar-refractivity contribution in [2.45, 2.75) is 23.3 Å². The lowest BCUT2D eigenvalue weighted by molar-refractivity contribution is -0.159. The van der Waals surface area contributed by atoms with Gasteiger partial charge in [-0.15, -0.1) is 0 Å². The number of pyridine rings is 1. The largest absolute Gasteiger partial charge is 0.479 e. The third-order valence-electron chi connectivity index (χ3n) is 3.96. The van der Waals surface area contributed by atoms with Crippen LogP contribution < -0.4 is 4.72 Å². The second kappa shape index (κ2) is 5.88.